The maximum Gasteiger partial charge on any atom is 0.338 e. The molecule has 0 aromatic rings. The zero-order valence-electron chi connectivity index (χ0n) is 8.83. The first-order chi connectivity index (χ1) is 5.89. The topological polar surface area (TPSA) is 55.8 Å². The van der Waals surface area contributed by atoms with Crippen molar-refractivity contribution in [1.82, 2.24) is 0 Å². The third-order valence-electron chi connectivity index (χ3n) is 2.78. The summed E-state index contributed by atoms with van der Waals surface area (Å²) in [7, 11) is 0.833. The molecule has 0 rings (SSSR count). The lowest BCUT2D eigenvalue weighted by Gasteiger charge is -2.31. The van der Waals surface area contributed by atoms with Gasteiger partial charge in [-0.3, -0.25) is 4.79 Å². The van der Waals surface area contributed by atoms with Crippen molar-refractivity contribution >= 4 is 14.5 Å². The predicted octanol–water partition coefficient (Wildman–Crippen LogP) is 1.46. The fourth-order valence-corrected chi connectivity index (χ4v) is 3.08. The van der Waals surface area contributed by atoms with E-state index in [1.165, 1.54) is 0 Å². The molecule has 0 aromatic heterocycles. The average molecular weight is 206 g/mol. The summed E-state index contributed by atoms with van der Waals surface area (Å²) < 4.78 is 10.5. The number of carboxylic acid groups (broad SMARTS) is 1. The lowest BCUT2D eigenvalue weighted by atomic mass is 10.1. The molecule has 0 aliphatic heterocycles. The van der Waals surface area contributed by atoms with Crippen LogP contribution in [-0.4, -0.2) is 33.9 Å². The van der Waals surface area contributed by atoms with Crippen LogP contribution < -0.4 is 0 Å². The molecule has 0 aliphatic rings. The highest BCUT2D eigenvalue weighted by Gasteiger charge is 2.41. The summed E-state index contributed by atoms with van der Waals surface area (Å²) in [4.78, 5) is 10.7. The van der Waals surface area contributed by atoms with Crippen molar-refractivity contribution in [3.05, 3.63) is 0 Å². The molecule has 2 atom stereocenters. The van der Waals surface area contributed by atoms with Gasteiger partial charge < -0.3 is 14.0 Å². The van der Waals surface area contributed by atoms with Gasteiger partial charge in [0, 0.05) is 19.8 Å². The standard InChI is InChI=1S/C8H18O4Si/c1-6(8(9)10)7(2)13(5,11-3)12-4/h6-7H,1-5H3,(H,9,10). The fraction of sp³-hybridized carbons (Fsp3) is 0.875. The van der Waals surface area contributed by atoms with Gasteiger partial charge in [-0.15, -0.1) is 0 Å². The van der Waals surface area contributed by atoms with Crippen LogP contribution in [0.5, 0.6) is 0 Å². The molecule has 78 valence electrons. The molecule has 0 saturated heterocycles. The first-order valence-electron chi connectivity index (χ1n) is 4.22. The lowest BCUT2D eigenvalue weighted by molar-refractivity contribution is -0.141. The number of carboxylic acids is 1. The quantitative estimate of drug-likeness (QED) is 0.692. The Hall–Kier alpha value is -0.393. The van der Waals surface area contributed by atoms with Gasteiger partial charge in [-0.05, 0) is 6.55 Å². The summed E-state index contributed by atoms with van der Waals surface area (Å²) in [6.45, 7) is 5.41. The van der Waals surface area contributed by atoms with E-state index < -0.39 is 20.4 Å². The van der Waals surface area contributed by atoms with E-state index in [2.05, 4.69) is 0 Å². The van der Waals surface area contributed by atoms with Crippen LogP contribution in [0.2, 0.25) is 12.1 Å². The van der Waals surface area contributed by atoms with Gasteiger partial charge in [0.2, 0.25) is 0 Å². The molecule has 4 nitrogen and oxygen atoms in total. The maximum absolute atomic E-state index is 10.7. The number of hydrogen-bond donors (Lipinski definition) is 1. The number of aliphatic carboxylic acids is 1. The van der Waals surface area contributed by atoms with Crippen LogP contribution in [-0.2, 0) is 13.6 Å². The normalized spacial score (nSPS) is 16.7. The molecule has 2 unspecified atom stereocenters. The predicted molar refractivity (Wildman–Crippen MR) is 51.9 cm³/mol. The zero-order valence-corrected chi connectivity index (χ0v) is 9.83. The number of hydrogen-bond acceptors (Lipinski definition) is 3. The third-order valence-corrected chi connectivity index (χ3v) is 6.55. The molecule has 0 heterocycles. The molecular formula is C8H18O4Si. The molecule has 13 heavy (non-hydrogen) atoms. The molecule has 0 radical (unpaired) electrons. The van der Waals surface area contributed by atoms with Gasteiger partial charge in [0.1, 0.15) is 0 Å². The molecule has 0 amide bonds. The maximum atomic E-state index is 10.7. The summed E-state index contributed by atoms with van der Waals surface area (Å²) >= 11 is 0. The van der Waals surface area contributed by atoms with Crippen molar-refractivity contribution in [2.45, 2.75) is 25.9 Å². The second-order valence-electron chi connectivity index (χ2n) is 3.34. The van der Waals surface area contributed by atoms with Gasteiger partial charge >= 0.3 is 14.5 Å². The lowest BCUT2D eigenvalue weighted by Crippen LogP contribution is -2.44. The van der Waals surface area contributed by atoms with Crippen molar-refractivity contribution < 1.29 is 18.8 Å². The third kappa shape index (κ3) is 2.79. The van der Waals surface area contributed by atoms with Crippen molar-refractivity contribution in [2.24, 2.45) is 5.92 Å². The minimum atomic E-state index is -2.31. The molecule has 5 heteroatoms. The van der Waals surface area contributed by atoms with E-state index in [-0.39, 0.29) is 5.54 Å². The second kappa shape index (κ2) is 4.73. The molecule has 0 bridgehead atoms. The molecule has 0 aliphatic carbocycles. The highest BCUT2D eigenvalue weighted by molar-refractivity contribution is 6.67. The van der Waals surface area contributed by atoms with Gasteiger partial charge in [0.25, 0.3) is 0 Å². The summed E-state index contributed by atoms with van der Waals surface area (Å²) in [6, 6.07) is 0. The summed E-state index contributed by atoms with van der Waals surface area (Å²) in [5.74, 6) is -1.24. The van der Waals surface area contributed by atoms with Gasteiger partial charge in [-0.25, -0.2) is 0 Å². The second-order valence-corrected chi connectivity index (χ2v) is 7.10. The van der Waals surface area contributed by atoms with E-state index in [4.69, 9.17) is 14.0 Å². The van der Waals surface area contributed by atoms with E-state index in [0.717, 1.165) is 0 Å². The highest BCUT2D eigenvalue weighted by Crippen LogP contribution is 2.30. The van der Waals surface area contributed by atoms with Gasteiger partial charge in [-0.2, -0.15) is 0 Å². The van der Waals surface area contributed by atoms with Crippen LogP contribution in [0, 0.1) is 5.92 Å². The minimum absolute atomic E-state index is 0.0694. The first kappa shape index (κ1) is 12.6. The van der Waals surface area contributed by atoms with Crippen LogP contribution in [0.4, 0.5) is 0 Å². The van der Waals surface area contributed by atoms with E-state index in [1.807, 2.05) is 13.5 Å². The average Bonchev–Trinajstić information content (AvgIpc) is 2.14. The Balaban J connectivity index is 4.54. The fourth-order valence-electron chi connectivity index (χ4n) is 1.12. The molecule has 0 fully saturated rings. The van der Waals surface area contributed by atoms with E-state index >= 15 is 0 Å². The van der Waals surface area contributed by atoms with Crippen molar-refractivity contribution in [1.29, 1.82) is 0 Å². The zero-order chi connectivity index (χ0) is 10.6. The molecule has 0 aromatic carbocycles. The molecular weight excluding hydrogens is 188 g/mol. The van der Waals surface area contributed by atoms with Crippen LogP contribution >= 0.6 is 0 Å². The largest absolute Gasteiger partial charge is 0.481 e. The van der Waals surface area contributed by atoms with Crippen LogP contribution in [0.25, 0.3) is 0 Å². The number of rotatable bonds is 5. The van der Waals surface area contributed by atoms with Gasteiger partial charge in [0.15, 0.2) is 0 Å². The Morgan fingerprint density at radius 3 is 1.92 bits per heavy atom. The Morgan fingerprint density at radius 2 is 1.69 bits per heavy atom. The van der Waals surface area contributed by atoms with Crippen molar-refractivity contribution in [3.63, 3.8) is 0 Å². The van der Waals surface area contributed by atoms with E-state index in [9.17, 15) is 4.79 Å². The van der Waals surface area contributed by atoms with Gasteiger partial charge in [-0.1, -0.05) is 13.8 Å². The molecule has 0 saturated carbocycles. The monoisotopic (exact) mass is 206 g/mol. The molecule has 1 N–H and O–H groups in total. The van der Waals surface area contributed by atoms with Crippen molar-refractivity contribution in [2.75, 3.05) is 14.2 Å². The van der Waals surface area contributed by atoms with Crippen molar-refractivity contribution in [3.8, 4) is 0 Å². The highest BCUT2D eigenvalue weighted by atomic mass is 28.4. The van der Waals surface area contributed by atoms with Crippen LogP contribution in [0.1, 0.15) is 13.8 Å². The van der Waals surface area contributed by atoms with Gasteiger partial charge in [0.05, 0.1) is 5.92 Å². The summed E-state index contributed by atoms with van der Waals surface area (Å²) in [5.41, 5.74) is -0.0694. The Morgan fingerprint density at radius 1 is 1.31 bits per heavy atom. The van der Waals surface area contributed by atoms with E-state index in [0.29, 0.717) is 0 Å². The minimum Gasteiger partial charge on any atom is -0.481 e. The summed E-state index contributed by atoms with van der Waals surface area (Å²) in [5, 5.41) is 8.82. The Labute approximate surface area is 80.1 Å². The van der Waals surface area contributed by atoms with Crippen LogP contribution in [0.3, 0.4) is 0 Å². The summed E-state index contributed by atoms with van der Waals surface area (Å²) in [6.07, 6.45) is 0. The smallest absolute Gasteiger partial charge is 0.338 e. The number of carbonyl (C=O) groups is 1. The Kier molecular flexibility index (Phi) is 4.59. The SMILES string of the molecule is CO[Si](C)(OC)C(C)C(C)C(=O)O. The van der Waals surface area contributed by atoms with Crippen LogP contribution in [0.15, 0.2) is 0 Å². The first-order valence-corrected chi connectivity index (χ1v) is 6.61. The Bertz CT molecular complexity index is 179. The molecule has 0 spiro atoms. The van der Waals surface area contributed by atoms with E-state index in [1.54, 1.807) is 21.1 Å².